The summed E-state index contributed by atoms with van der Waals surface area (Å²) in [4.78, 5) is 2.31. The van der Waals surface area contributed by atoms with Crippen molar-refractivity contribution in [2.24, 2.45) is 5.84 Å². The normalized spacial score (nSPS) is 21.7. The number of hydrogen-bond donors (Lipinski definition) is 2. The standard InChI is InChI=1S/C15H23F2N3O/c1-10(2)20-5-6-21-15(9-20)14(19-18)7-11-3-4-12(16)8-13(11)17/h3-4,8,10,14-15,19H,5-7,9,18H2,1-2H3. The van der Waals surface area contributed by atoms with Gasteiger partial charge in [0.05, 0.1) is 18.8 Å². The van der Waals surface area contributed by atoms with Gasteiger partial charge in [-0.05, 0) is 31.9 Å². The number of morpholine rings is 1. The van der Waals surface area contributed by atoms with E-state index in [0.717, 1.165) is 19.2 Å². The average Bonchev–Trinajstić information content (AvgIpc) is 2.46. The lowest BCUT2D eigenvalue weighted by Gasteiger charge is -2.38. The molecule has 0 saturated carbocycles. The molecule has 1 aromatic rings. The Balaban J connectivity index is 2.05. The average molecular weight is 299 g/mol. The van der Waals surface area contributed by atoms with Crippen molar-refractivity contribution in [3.05, 3.63) is 35.4 Å². The van der Waals surface area contributed by atoms with Crippen LogP contribution in [-0.4, -0.2) is 42.8 Å². The van der Waals surface area contributed by atoms with E-state index in [9.17, 15) is 8.78 Å². The molecule has 1 saturated heterocycles. The van der Waals surface area contributed by atoms with Crippen molar-refractivity contribution in [1.82, 2.24) is 10.3 Å². The molecule has 0 spiro atoms. The van der Waals surface area contributed by atoms with Crippen molar-refractivity contribution in [2.75, 3.05) is 19.7 Å². The monoisotopic (exact) mass is 299 g/mol. The van der Waals surface area contributed by atoms with Crippen LogP contribution < -0.4 is 11.3 Å². The van der Waals surface area contributed by atoms with Crippen molar-refractivity contribution in [3.63, 3.8) is 0 Å². The number of benzene rings is 1. The first-order valence-corrected chi connectivity index (χ1v) is 7.27. The summed E-state index contributed by atoms with van der Waals surface area (Å²) in [6.45, 7) is 6.53. The summed E-state index contributed by atoms with van der Waals surface area (Å²) in [5.74, 6) is 4.48. The highest BCUT2D eigenvalue weighted by Crippen LogP contribution is 2.17. The highest BCUT2D eigenvalue weighted by Gasteiger charge is 2.29. The zero-order valence-corrected chi connectivity index (χ0v) is 12.5. The third-order valence-corrected chi connectivity index (χ3v) is 3.97. The molecule has 1 aliphatic heterocycles. The van der Waals surface area contributed by atoms with Gasteiger partial charge in [-0.25, -0.2) is 8.78 Å². The molecule has 0 radical (unpaired) electrons. The summed E-state index contributed by atoms with van der Waals surface area (Å²) in [7, 11) is 0. The van der Waals surface area contributed by atoms with Crippen molar-refractivity contribution < 1.29 is 13.5 Å². The molecule has 21 heavy (non-hydrogen) atoms. The first kappa shape index (κ1) is 16.3. The number of ether oxygens (including phenoxy) is 1. The maximum Gasteiger partial charge on any atom is 0.129 e. The second-order valence-corrected chi connectivity index (χ2v) is 5.71. The van der Waals surface area contributed by atoms with Crippen LogP contribution in [0.15, 0.2) is 18.2 Å². The number of nitrogens with one attached hydrogen (secondary N) is 1. The molecule has 1 heterocycles. The molecule has 1 fully saturated rings. The molecule has 2 unspecified atom stereocenters. The lowest BCUT2D eigenvalue weighted by atomic mass is 9.99. The molecule has 2 atom stereocenters. The molecule has 0 aromatic heterocycles. The van der Waals surface area contributed by atoms with Gasteiger partial charge in [-0.15, -0.1) is 0 Å². The van der Waals surface area contributed by atoms with E-state index in [1.54, 1.807) is 0 Å². The molecule has 0 bridgehead atoms. The van der Waals surface area contributed by atoms with Gasteiger partial charge in [-0.1, -0.05) is 6.07 Å². The van der Waals surface area contributed by atoms with Gasteiger partial charge in [0, 0.05) is 25.2 Å². The zero-order valence-electron chi connectivity index (χ0n) is 12.5. The quantitative estimate of drug-likeness (QED) is 0.638. The fraction of sp³-hybridized carbons (Fsp3) is 0.600. The van der Waals surface area contributed by atoms with Crippen LogP contribution >= 0.6 is 0 Å². The molecule has 118 valence electrons. The Morgan fingerprint density at radius 3 is 2.81 bits per heavy atom. The van der Waals surface area contributed by atoms with Crippen molar-refractivity contribution in [3.8, 4) is 0 Å². The van der Waals surface area contributed by atoms with E-state index in [-0.39, 0.29) is 12.1 Å². The minimum Gasteiger partial charge on any atom is -0.374 e. The van der Waals surface area contributed by atoms with Crippen LogP contribution in [0.4, 0.5) is 8.78 Å². The summed E-state index contributed by atoms with van der Waals surface area (Å²) in [5, 5.41) is 0. The lowest BCUT2D eigenvalue weighted by molar-refractivity contribution is -0.0553. The molecular formula is C15H23F2N3O. The SMILES string of the molecule is CC(C)N1CCOC(C(Cc2ccc(F)cc2F)NN)C1. The van der Waals surface area contributed by atoms with Gasteiger partial charge >= 0.3 is 0 Å². The topological polar surface area (TPSA) is 50.5 Å². The molecule has 3 N–H and O–H groups in total. The Bertz CT molecular complexity index is 470. The van der Waals surface area contributed by atoms with Crippen LogP contribution in [0.2, 0.25) is 0 Å². The Labute approximate surface area is 124 Å². The fourth-order valence-electron chi connectivity index (χ4n) is 2.63. The van der Waals surface area contributed by atoms with Crippen LogP contribution in [0.25, 0.3) is 0 Å². The molecule has 0 amide bonds. The molecule has 4 nitrogen and oxygen atoms in total. The second-order valence-electron chi connectivity index (χ2n) is 5.71. The van der Waals surface area contributed by atoms with Gasteiger partial charge in [-0.2, -0.15) is 0 Å². The molecule has 0 aliphatic carbocycles. The minimum absolute atomic E-state index is 0.115. The molecule has 6 heteroatoms. The Morgan fingerprint density at radius 2 is 2.19 bits per heavy atom. The Kier molecular flexibility index (Phi) is 5.64. The van der Waals surface area contributed by atoms with Crippen molar-refractivity contribution >= 4 is 0 Å². The van der Waals surface area contributed by atoms with E-state index < -0.39 is 11.6 Å². The number of hydrazine groups is 1. The van der Waals surface area contributed by atoms with Crippen LogP contribution in [-0.2, 0) is 11.2 Å². The predicted octanol–water partition coefficient (Wildman–Crippen LogP) is 1.45. The number of nitrogens with zero attached hydrogens (tertiary/aromatic N) is 1. The van der Waals surface area contributed by atoms with Crippen LogP contribution in [0.1, 0.15) is 19.4 Å². The van der Waals surface area contributed by atoms with Gasteiger partial charge in [-0.3, -0.25) is 16.2 Å². The van der Waals surface area contributed by atoms with Crippen molar-refractivity contribution in [1.29, 1.82) is 0 Å². The van der Waals surface area contributed by atoms with Gasteiger partial charge in [0.1, 0.15) is 11.6 Å². The van der Waals surface area contributed by atoms with E-state index in [1.807, 2.05) is 0 Å². The Morgan fingerprint density at radius 1 is 1.43 bits per heavy atom. The van der Waals surface area contributed by atoms with Gasteiger partial charge in [0.2, 0.25) is 0 Å². The fourth-order valence-corrected chi connectivity index (χ4v) is 2.63. The molecule has 2 rings (SSSR count). The van der Waals surface area contributed by atoms with Gasteiger partial charge in [0.15, 0.2) is 0 Å². The number of nitrogens with two attached hydrogens (primary N) is 1. The first-order chi connectivity index (χ1) is 10.0. The number of halogens is 2. The van der Waals surface area contributed by atoms with Crippen LogP contribution in [0.3, 0.4) is 0 Å². The lowest BCUT2D eigenvalue weighted by Crippen LogP contribution is -2.56. The summed E-state index contributed by atoms with van der Waals surface area (Å²) < 4.78 is 32.5. The van der Waals surface area contributed by atoms with E-state index in [0.29, 0.717) is 24.6 Å². The summed E-state index contributed by atoms with van der Waals surface area (Å²) >= 11 is 0. The summed E-state index contributed by atoms with van der Waals surface area (Å²) in [6.07, 6.45) is 0.245. The highest BCUT2D eigenvalue weighted by molar-refractivity contribution is 5.20. The highest BCUT2D eigenvalue weighted by atomic mass is 19.1. The smallest absolute Gasteiger partial charge is 0.129 e. The molecular weight excluding hydrogens is 276 g/mol. The largest absolute Gasteiger partial charge is 0.374 e. The van der Waals surface area contributed by atoms with Gasteiger partial charge in [0.25, 0.3) is 0 Å². The third kappa shape index (κ3) is 4.20. The van der Waals surface area contributed by atoms with Crippen LogP contribution in [0.5, 0.6) is 0 Å². The number of rotatable bonds is 5. The predicted molar refractivity (Wildman–Crippen MR) is 77.6 cm³/mol. The second kappa shape index (κ2) is 7.26. The Hall–Kier alpha value is -1.08. The van der Waals surface area contributed by atoms with E-state index in [2.05, 4.69) is 24.2 Å². The van der Waals surface area contributed by atoms with E-state index in [4.69, 9.17) is 10.6 Å². The summed E-state index contributed by atoms with van der Waals surface area (Å²) in [6, 6.07) is 3.82. The van der Waals surface area contributed by atoms with E-state index in [1.165, 1.54) is 12.1 Å². The molecule has 1 aromatic carbocycles. The third-order valence-electron chi connectivity index (χ3n) is 3.97. The van der Waals surface area contributed by atoms with Crippen LogP contribution in [0, 0.1) is 11.6 Å². The van der Waals surface area contributed by atoms with Gasteiger partial charge < -0.3 is 4.74 Å². The maximum absolute atomic E-state index is 13.8. The zero-order chi connectivity index (χ0) is 15.4. The number of hydrogen-bond acceptors (Lipinski definition) is 4. The van der Waals surface area contributed by atoms with E-state index >= 15 is 0 Å². The van der Waals surface area contributed by atoms with Crippen molar-refractivity contribution in [2.45, 2.75) is 38.5 Å². The molecule has 1 aliphatic rings. The first-order valence-electron chi connectivity index (χ1n) is 7.27. The minimum atomic E-state index is -0.576. The maximum atomic E-state index is 13.8. The summed E-state index contributed by atoms with van der Waals surface area (Å²) in [5.41, 5.74) is 3.14.